The van der Waals surface area contributed by atoms with Crippen LogP contribution in [0.2, 0.25) is 0 Å². The number of anilines is 2. The van der Waals surface area contributed by atoms with Crippen LogP contribution in [0, 0.1) is 5.92 Å². The van der Waals surface area contributed by atoms with E-state index in [9.17, 15) is 17.7 Å². The first-order valence-corrected chi connectivity index (χ1v) is 13.4. The van der Waals surface area contributed by atoms with E-state index >= 15 is 0 Å². The molecule has 0 radical (unpaired) electrons. The highest BCUT2D eigenvalue weighted by Gasteiger charge is 2.45. The molecule has 0 saturated heterocycles. The molecule has 2 heterocycles. The summed E-state index contributed by atoms with van der Waals surface area (Å²) in [5.74, 6) is 1.39. The largest absolute Gasteiger partial charge is 0.495 e. The van der Waals surface area contributed by atoms with E-state index in [1.807, 2.05) is 0 Å². The van der Waals surface area contributed by atoms with Crippen LogP contribution in [0.25, 0.3) is 0 Å². The Morgan fingerprint density at radius 2 is 2.03 bits per heavy atom. The summed E-state index contributed by atoms with van der Waals surface area (Å²) in [4.78, 5) is 7.34. The van der Waals surface area contributed by atoms with E-state index in [1.165, 1.54) is 7.11 Å². The van der Waals surface area contributed by atoms with E-state index in [2.05, 4.69) is 25.9 Å². The molecular weight excluding hydrogens is 454 g/mol. The lowest BCUT2D eigenvalue weighted by molar-refractivity contribution is -0.138. The van der Waals surface area contributed by atoms with Crippen LogP contribution in [0.15, 0.2) is 29.4 Å². The molecule has 4 N–H and O–H groups in total. The van der Waals surface area contributed by atoms with Crippen molar-refractivity contribution in [1.82, 2.24) is 10.3 Å². The Hall–Kier alpha value is -2.45. The number of aromatic nitrogens is 1. The second-order valence-electron chi connectivity index (χ2n) is 9.15. The summed E-state index contributed by atoms with van der Waals surface area (Å²) in [6, 6.07) is 5.16. The van der Waals surface area contributed by atoms with Crippen molar-refractivity contribution in [3.8, 4) is 5.75 Å². The maximum Gasteiger partial charge on any atom is 0.418 e. The highest BCUT2D eigenvalue weighted by molar-refractivity contribution is 7.70. The van der Waals surface area contributed by atoms with Gasteiger partial charge in [0, 0.05) is 23.6 Å². The van der Waals surface area contributed by atoms with Gasteiger partial charge in [-0.25, -0.2) is 4.99 Å². The minimum absolute atomic E-state index is 0.0418. The van der Waals surface area contributed by atoms with Crippen LogP contribution in [0.1, 0.15) is 37.3 Å². The Balaban J connectivity index is 1.69. The first-order valence-electron chi connectivity index (χ1n) is 10.8. The number of hydrogen-bond donors (Lipinski definition) is 4. The van der Waals surface area contributed by atoms with E-state index in [0.717, 1.165) is 25.5 Å². The van der Waals surface area contributed by atoms with Crippen molar-refractivity contribution >= 4 is 29.9 Å². The predicted octanol–water partition coefficient (Wildman–Crippen LogP) is 4.75. The normalized spacial score (nSPS) is 21.0. The zero-order valence-corrected chi connectivity index (χ0v) is 20.0. The second-order valence-corrected chi connectivity index (χ2v) is 12.4. The molecule has 0 amide bonds. The highest BCUT2D eigenvalue weighted by Crippen LogP contribution is 2.44. The number of aliphatic imine (C=N–C) groups is 1. The number of hydrogen-bond acceptors (Lipinski definition) is 6. The summed E-state index contributed by atoms with van der Waals surface area (Å²) in [6.07, 6.45) is -0.287. The topological polar surface area (TPSA) is 90.5 Å². The van der Waals surface area contributed by atoms with E-state index < -0.39 is 24.5 Å². The van der Waals surface area contributed by atoms with Crippen LogP contribution < -0.4 is 26.0 Å². The van der Waals surface area contributed by atoms with Crippen molar-refractivity contribution in [1.29, 1.82) is 0 Å². The zero-order valence-electron chi connectivity index (χ0n) is 19.1. The number of rotatable bonds is 6. The summed E-state index contributed by atoms with van der Waals surface area (Å²) >= 11 is 0. The second kappa shape index (κ2) is 8.40. The summed E-state index contributed by atoms with van der Waals surface area (Å²) in [7, 11) is -0.990. The van der Waals surface area contributed by atoms with Crippen LogP contribution in [-0.2, 0) is 16.4 Å². The average molecular weight is 483 g/mol. The Bertz CT molecular complexity index is 1120. The Kier molecular flexibility index (Phi) is 6.03. The van der Waals surface area contributed by atoms with Gasteiger partial charge in [-0.2, -0.15) is 13.2 Å². The number of guanidine groups is 1. The molecule has 1 aromatic heterocycles. The maximum absolute atomic E-state index is 13.7. The van der Waals surface area contributed by atoms with Gasteiger partial charge in [-0.05, 0) is 57.2 Å². The van der Waals surface area contributed by atoms with Gasteiger partial charge < -0.3 is 24.9 Å². The minimum Gasteiger partial charge on any atom is -0.495 e. The first-order chi connectivity index (χ1) is 15.4. The van der Waals surface area contributed by atoms with E-state index in [1.54, 1.807) is 38.5 Å². The number of methoxy groups -OCH3 is 1. The molecule has 11 heteroatoms. The Labute approximate surface area is 191 Å². The van der Waals surface area contributed by atoms with E-state index in [-0.39, 0.29) is 17.3 Å². The molecule has 1 saturated carbocycles. The summed E-state index contributed by atoms with van der Waals surface area (Å²) in [5, 5.41) is 10.00. The Morgan fingerprint density at radius 1 is 1.30 bits per heavy atom. The highest BCUT2D eigenvalue weighted by atomic mass is 31.2. The molecule has 2 aromatic rings. The monoisotopic (exact) mass is 483 g/mol. The number of benzene rings is 1. The number of halogens is 3. The number of aromatic amines is 1. The molecule has 1 fully saturated rings. The molecular formula is C22H29F3N5O2P. The van der Waals surface area contributed by atoms with Crippen LogP contribution in [0.5, 0.6) is 5.75 Å². The predicted molar refractivity (Wildman–Crippen MR) is 125 cm³/mol. The van der Waals surface area contributed by atoms with Crippen LogP contribution in [0.4, 0.5) is 24.7 Å². The number of fused-ring (bicyclic) bond motifs is 1. The molecule has 180 valence electrons. The molecule has 1 aromatic carbocycles. The minimum atomic E-state index is -4.51. The standard InChI is InChI=1S/C22H29F3N5O2P/c1-21(27-11-13-6-5-7-13)18-15(22(23,24)25)12-26-19(18)29-20(30-21)28-16-9-8-14(33(3,4)31)10-17(16)32-2/h8-10,12-13,26-27H,5-7,11H2,1-4H3,(H2,28,29,30). The van der Waals surface area contributed by atoms with E-state index in [0.29, 0.717) is 29.2 Å². The lowest BCUT2D eigenvalue weighted by Crippen LogP contribution is -2.47. The molecule has 0 bridgehead atoms. The molecule has 7 nitrogen and oxygen atoms in total. The van der Waals surface area contributed by atoms with E-state index in [4.69, 9.17) is 4.74 Å². The lowest BCUT2D eigenvalue weighted by atomic mass is 9.85. The molecule has 1 aliphatic heterocycles. The fourth-order valence-corrected chi connectivity index (χ4v) is 5.01. The van der Waals surface area contributed by atoms with Crippen molar-refractivity contribution < 1.29 is 22.5 Å². The van der Waals surface area contributed by atoms with Gasteiger partial charge in [0.2, 0.25) is 5.96 Å². The van der Waals surface area contributed by atoms with Gasteiger partial charge in [0.1, 0.15) is 24.4 Å². The summed E-state index contributed by atoms with van der Waals surface area (Å²) in [6.45, 7) is 5.58. The SMILES string of the molecule is COc1cc(P(C)(C)=O)ccc1NC1=NC(C)(NCC2CCC2)c2c(C(F)(F)F)c[nH]c2N1. The third-order valence-electron chi connectivity index (χ3n) is 6.27. The van der Waals surface area contributed by atoms with Gasteiger partial charge in [0.05, 0.1) is 18.4 Å². The fourth-order valence-electron chi connectivity index (χ4n) is 4.15. The Morgan fingerprint density at radius 3 is 2.61 bits per heavy atom. The molecule has 1 unspecified atom stereocenters. The maximum atomic E-state index is 13.7. The van der Waals surface area contributed by atoms with Gasteiger partial charge in [-0.15, -0.1) is 0 Å². The summed E-state index contributed by atoms with van der Waals surface area (Å²) < 4.78 is 59.1. The van der Waals surface area contributed by atoms with Crippen LogP contribution in [-0.4, -0.2) is 37.9 Å². The third kappa shape index (κ3) is 4.77. The molecule has 4 rings (SSSR count). The molecule has 33 heavy (non-hydrogen) atoms. The molecule has 2 aliphatic rings. The number of alkyl halides is 3. The number of nitrogens with one attached hydrogen (secondary N) is 4. The van der Waals surface area contributed by atoms with Crippen LogP contribution >= 0.6 is 7.14 Å². The van der Waals surface area contributed by atoms with Crippen molar-refractivity contribution in [3.63, 3.8) is 0 Å². The fraction of sp³-hybridized carbons (Fsp3) is 0.500. The van der Waals surface area contributed by atoms with Gasteiger partial charge in [0.15, 0.2) is 0 Å². The van der Waals surface area contributed by atoms with Crippen molar-refractivity contribution in [3.05, 3.63) is 35.5 Å². The quantitative estimate of drug-likeness (QED) is 0.446. The zero-order chi connectivity index (χ0) is 24.0. The van der Waals surface area contributed by atoms with Gasteiger partial charge in [-0.3, -0.25) is 5.32 Å². The van der Waals surface area contributed by atoms with Crippen LogP contribution in [0.3, 0.4) is 0 Å². The smallest absolute Gasteiger partial charge is 0.418 e. The first kappa shape index (κ1) is 23.7. The third-order valence-corrected chi connectivity index (χ3v) is 7.79. The molecule has 1 atom stereocenters. The van der Waals surface area contributed by atoms with Crippen molar-refractivity contribution in [2.75, 3.05) is 37.6 Å². The molecule has 0 spiro atoms. The summed E-state index contributed by atoms with van der Waals surface area (Å²) in [5.41, 5.74) is -1.45. The number of ether oxygens (including phenoxy) is 1. The van der Waals surface area contributed by atoms with Gasteiger partial charge in [-0.1, -0.05) is 6.42 Å². The van der Waals surface area contributed by atoms with Gasteiger partial charge >= 0.3 is 6.18 Å². The lowest BCUT2D eigenvalue weighted by Gasteiger charge is -2.36. The average Bonchev–Trinajstić information content (AvgIpc) is 3.11. The number of H-pyrrole nitrogens is 1. The molecule has 1 aliphatic carbocycles. The van der Waals surface area contributed by atoms with Crippen molar-refractivity contribution in [2.24, 2.45) is 10.9 Å². The van der Waals surface area contributed by atoms with Crippen molar-refractivity contribution in [2.45, 2.75) is 38.0 Å². The number of nitrogens with zero attached hydrogens (tertiary/aromatic N) is 1. The van der Waals surface area contributed by atoms with Gasteiger partial charge in [0.25, 0.3) is 0 Å².